The van der Waals surface area contributed by atoms with Crippen LogP contribution in [0.4, 0.5) is 4.39 Å². The summed E-state index contributed by atoms with van der Waals surface area (Å²) < 4.78 is 25.8. The molecule has 262 valence electrons. The minimum absolute atomic E-state index is 0.0318. The van der Waals surface area contributed by atoms with Crippen LogP contribution in [0.25, 0.3) is 0 Å². The van der Waals surface area contributed by atoms with Crippen molar-refractivity contribution in [1.82, 2.24) is 4.90 Å². The number of carbonyl (C=O) groups excluding carboxylic acids is 1. The quantitative estimate of drug-likeness (QED) is 0.0677. The average Bonchev–Trinajstić information content (AvgIpc) is 3.68. The van der Waals surface area contributed by atoms with Gasteiger partial charge in [-0.05, 0) is 12.0 Å². The first-order valence-electron chi connectivity index (χ1n) is 17.4. The van der Waals surface area contributed by atoms with E-state index in [1.54, 1.807) is 23.1 Å². The zero-order valence-corrected chi connectivity index (χ0v) is 28.0. The molecule has 1 saturated heterocycles. The molecule has 3 aliphatic heterocycles. The van der Waals surface area contributed by atoms with Gasteiger partial charge in [0, 0.05) is 24.3 Å². The van der Waals surface area contributed by atoms with Crippen molar-refractivity contribution in [2.24, 2.45) is 20.7 Å². The number of nitrogens with zero attached hydrogens (tertiary/aromatic N) is 4. The van der Waals surface area contributed by atoms with Gasteiger partial charge in [-0.1, -0.05) is 108 Å². The maximum Gasteiger partial charge on any atom is 0.336 e. The van der Waals surface area contributed by atoms with Gasteiger partial charge in [-0.3, -0.25) is 9.79 Å². The van der Waals surface area contributed by atoms with Crippen molar-refractivity contribution in [2.45, 2.75) is 140 Å². The van der Waals surface area contributed by atoms with Crippen LogP contribution in [0.1, 0.15) is 131 Å². The molecule has 0 saturated carbocycles. The maximum atomic E-state index is 14.1. The lowest BCUT2D eigenvalue weighted by molar-refractivity contribution is -0.145. The monoisotopic (exact) mass is 667 g/mol. The molecular weight excluding hydrogens is 617 g/mol. The highest BCUT2D eigenvalue weighted by atomic mass is 19.1. The third-order valence-electron chi connectivity index (χ3n) is 9.52. The van der Waals surface area contributed by atoms with Gasteiger partial charge < -0.3 is 30.3 Å². The number of hydrogen-bond acceptors (Lipinski definition) is 10. The molecule has 1 aromatic rings. The van der Waals surface area contributed by atoms with Gasteiger partial charge in [0.25, 0.3) is 0 Å². The van der Waals surface area contributed by atoms with Gasteiger partial charge in [-0.15, -0.1) is 6.42 Å². The number of hydrogen-bond donors (Lipinski definition) is 3. The second-order valence-corrected chi connectivity index (χ2v) is 12.9. The molecule has 4 N–H and O–H groups in total. The number of carboxylic acid groups (broad SMARTS) is 1. The number of esters is 1. The second-order valence-electron chi connectivity index (χ2n) is 12.9. The van der Waals surface area contributed by atoms with E-state index in [0.29, 0.717) is 11.1 Å². The van der Waals surface area contributed by atoms with Gasteiger partial charge in [-0.25, -0.2) is 9.79 Å². The van der Waals surface area contributed by atoms with E-state index in [2.05, 4.69) is 27.8 Å². The predicted molar refractivity (Wildman–Crippen MR) is 182 cm³/mol. The topological polar surface area (TPSA) is 159 Å². The number of aliphatic imine (C=N–C) groups is 3. The first-order chi connectivity index (χ1) is 23.2. The largest absolute Gasteiger partial charge is 0.478 e. The Labute approximate surface area is 282 Å². The van der Waals surface area contributed by atoms with Crippen molar-refractivity contribution >= 4 is 30.2 Å². The van der Waals surface area contributed by atoms with Gasteiger partial charge in [0.15, 0.2) is 11.8 Å². The fourth-order valence-corrected chi connectivity index (χ4v) is 6.84. The number of amidine groups is 2. The number of aliphatic hydroxyl groups excluding tert-OH is 1. The molecule has 12 heteroatoms. The zero-order valence-electron chi connectivity index (χ0n) is 28.0. The normalized spacial score (nSPS) is 24.6. The molecule has 3 aliphatic rings. The highest BCUT2D eigenvalue weighted by Crippen LogP contribution is 2.46. The van der Waals surface area contributed by atoms with Gasteiger partial charge >= 0.3 is 18.0 Å². The molecule has 0 radical (unpaired) electrons. The number of ether oxygens (including phenoxy) is 2. The van der Waals surface area contributed by atoms with Gasteiger partial charge in [0.05, 0.1) is 18.5 Å². The van der Waals surface area contributed by atoms with E-state index in [0.717, 1.165) is 25.7 Å². The minimum atomic E-state index is -1.60. The number of aliphatic hydroxyl groups is 1. The number of terminal acetylenes is 1. The van der Waals surface area contributed by atoms with E-state index >= 15 is 0 Å². The maximum absolute atomic E-state index is 14.1. The number of rotatable bonds is 20. The molecule has 0 aromatic heterocycles. The molecule has 1 fully saturated rings. The fraction of sp³-hybridized carbons (Fsp3) is 0.639. The lowest BCUT2D eigenvalue weighted by Gasteiger charge is -2.32. The third kappa shape index (κ3) is 9.20. The smallest absolute Gasteiger partial charge is 0.336 e. The summed E-state index contributed by atoms with van der Waals surface area (Å²) in [7, 11) is 0. The standard InChI is InChI=1S/C36H50FN5O6/c1-3-5-6-7-8-9-10-11-12-13-14-15-16-20-29(44)47-22-25-18-17-19-26(30(25)34(45)46)27-21-28(48-36(27,4-2)23-43)42-24-39-31-32(38)40-35(37)41-33(31)42/h2,17-19,24,27-28,31,33,43H,3,5-16,20-23H2,1H3,(H,45,46)(H2,38,40,41)/t27-,28+,31?,33?,36+/m0/s1. The van der Waals surface area contributed by atoms with Gasteiger partial charge in [-0.2, -0.15) is 9.38 Å². The molecule has 0 bridgehead atoms. The average molecular weight is 668 g/mol. The Bertz CT molecular complexity index is 1390. The summed E-state index contributed by atoms with van der Waals surface area (Å²) in [5, 5.41) is 20.8. The predicted octanol–water partition coefficient (Wildman–Crippen LogP) is 5.84. The van der Waals surface area contributed by atoms with Crippen molar-refractivity contribution in [3.05, 3.63) is 34.9 Å². The van der Waals surface area contributed by atoms with Crippen molar-refractivity contribution in [2.75, 3.05) is 6.61 Å². The van der Waals surface area contributed by atoms with E-state index in [9.17, 15) is 24.2 Å². The van der Waals surface area contributed by atoms with Crippen LogP contribution in [0.2, 0.25) is 0 Å². The summed E-state index contributed by atoms with van der Waals surface area (Å²) in [4.78, 5) is 38.5. The molecule has 1 aromatic carbocycles. The third-order valence-corrected chi connectivity index (χ3v) is 9.52. The summed E-state index contributed by atoms with van der Waals surface area (Å²) in [6.07, 6.45) is 20.7. The van der Waals surface area contributed by atoms with Crippen LogP contribution in [0, 0.1) is 12.3 Å². The lowest BCUT2D eigenvalue weighted by atomic mass is 9.79. The van der Waals surface area contributed by atoms with Crippen molar-refractivity contribution in [3.8, 4) is 12.3 Å². The van der Waals surface area contributed by atoms with E-state index in [4.69, 9.17) is 21.6 Å². The Hall–Kier alpha value is -3.82. The lowest BCUT2D eigenvalue weighted by Crippen LogP contribution is -2.49. The second kappa shape index (κ2) is 18.1. The van der Waals surface area contributed by atoms with Gasteiger partial charge in [0.1, 0.15) is 24.7 Å². The molecule has 48 heavy (non-hydrogen) atoms. The summed E-state index contributed by atoms with van der Waals surface area (Å²) in [5.41, 5.74) is 4.83. The summed E-state index contributed by atoms with van der Waals surface area (Å²) in [6, 6.07) is 4.15. The van der Waals surface area contributed by atoms with Crippen LogP contribution in [0.3, 0.4) is 0 Å². The van der Waals surface area contributed by atoms with Crippen LogP contribution in [0.15, 0.2) is 33.2 Å². The fourth-order valence-electron chi connectivity index (χ4n) is 6.84. The molecular formula is C36H50FN5O6. The Kier molecular flexibility index (Phi) is 13.9. The number of halogens is 1. The van der Waals surface area contributed by atoms with E-state index in [1.165, 1.54) is 64.1 Å². The van der Waals surface area contributed by atoms with Crippen LogP contribution in [0.5, 0.6) is 0 Å². The Morgan fingerprint density at radius 2 is 1.75 bits per heavy atom. The Morgan fingerprint density at radius 3 is 2.35 bits per heavy atom. The Balaban J connectivity index is 1.30. The van der Waals surface area contributed by atoms with Crippen LogP contribution in [-0.2, 0) is 20.9 Å². The number of unbranched alkanes of at least 4 members (excludes halogenated alkanes) is 12. The number of fused-ring (bicyclic) bond motifs is 1. The number of nitrogens with two attached hydrogens (primary N) is 1. The molecule has 0 amide bonds. The van der Waals surface area contributed by atoms with Crippen molar-refractivity contribution in [1.29, 1.82) is 0 Å². The molecule has 5 atom stereocenters. The first-order valence-corrected chi connectivity index (χ1v) is 17.4. The molecule has 3 heterocycles. The SMILES string of the molecule is C#C[C@]1(CO)O[C@@H](N2C=NC3C(N)=NC(F)=NC32)C[C@H]1c1cccc(COC(=O)CCCCCCCCCCCCCCC)c1C(=O)O. The molecule has 2 unspecified atom stereocenters. The Morgan fingerprint density at radius 1 is 1.10 bits per heavy atom. The van der Waals surface area contributed by atoms with Crippen molar-refractivity contribution < 1.29 is 33.7 Å². The van der Waals surface area contributed by atoms with Crippen LogP contribution in [-0.4, -0.2) is 76.0 Å². The minimum Gasteiger partial charge on any atom is -0.478 e. The number of benzene rings is 1. The first kappa shape index (κ1) is 37.0. The molecule has 0 spiro atoms. The highest BCUT2D eigenvalue weighted by Gasteiger charge is 2.53. The molecule has 0 aliphatic carbocycles. The van der Waals surface area contributed by atoms with Crippen LogP contribution < -0.4 is 5.73 Å². The summed E-state index contributed by atoms with van der Waals surface area (Å²) in [5.74, 6) is 0.108. The molecule has 11 nitrogen and oxygen atoms in total. The van der Waals surface area contributed by atoms with E-state index < -0.39 is 48.6 Å². The van der Waals surface area contributed by atoms with Gasteiger partial charge in [0.2, 0.25) is 0 Å². The highest BCUT2D eigenvalue weighted by molar-refractivity contribution is 5.99. The van der Waals surface area contributed by atoms with Crippen molar-refractivity contribution in [3.63, 3.8) is 0 Å². The van der Waals surface area contributed by atoms with Crippen LogP contribution >= 0.6 is 0 Å². The zero-order chi connectivity index (χ0) is 34.5. The van der Waals surface area contributed by atoms with E-state index in [-0.39, 0.29) is 36.8 Å². The summed E-state index contributed by atoms with van der Waals surface area (Å²) >= 11 is 0. The number of carbonyl (C=O) groups is 2. The molecule has 4 rings (SSSR count). The van der Waals surface area contributed by atoms with E-state index in [1.807, 2.05) is 0 Å². The number of aromatic carboxylic acids is 1. The summed E-state index contributed by atoms with van der Waals surface area (Å²) in [6.45, 7) is 1.41. The number of carboxylic acids is 1.